The van der Waals surface area contributed by atoms with Crippen LogP contribution in [-0.4, -0.2) is 42.8 Å². The van der Waals surface area contributed by atoms with Gasteiger partial charge in [-0.25, -0.2) is 0 Å². The molecule has 2 unspecified atom stereocenters. The van der Waals surface area contributed by atoms with Gasteiger partial charge in [-0.3, -0.25) is 16.2 Å². The van der Waals surface area contributed by atoms with Crippen LogP contribution in [0.3, 0.4) is 0 Å². The molecule has 0 aromatic carbocycles. The van der Waals surface area contributed by atoms with Gasteiger partial charge in [0.25, 0.3) is 0 Å². The molecule has 0 aliphatic carbocycles. The largest absolute Gasteiger partial charge is 0.381 e. The summed E-state index contributed by atoms with van der Waals surface area (Å²) in [4.78, 5) is 2.69. The molecule has 0 amide bonds. The van der Waals surface area contributed by atoms with E-state index in [0.29, 0.717) is 12.0 Å². The lowest BCUT2D eigenvalue weighted by Gasteiger charge is -2.50. The summed E-state index contributed by atoms with van der Waals surface area (Å²) >= 11 is 0. The molecule has 3 N–H and O–H groups in total. The Morgan fingerprint density at radius 1 is 1.26 bits per heavy atom. The number of nitrogens with zero attached hydrogens (tertiary/aromatic N) is 1. The lowest BCUT2D eigenvalue weighted by Crippen LogP contribution is -2.65. The van der Waals surface area contributed by atoms with Gasteiger partial charge < -0.3 is 4.74 Å². The first kappa shape index (κ1) is 15.2. The Morgan fingerprint density at radius 3 is 2.42 bits per heavy atom. The van der Waals surface area contributed by atoms with Crippen LogP contribution in [0.15, 0.2) is 0 Å². The fourth-order valence-corrected chi connectivity index (χ4v) is 4.25. The quantitative estimate of drug-likeness (QED) is 0.571. The number of ether oxygens (including phenoxy) is 1. The van der Waals surface area contributed by atoms with Gasteiger partial charge in [-0.05, 0) is 51.6 Å². The SMILES string of the molecule is CCC(CC)(C(NN)C1CCCOC1)N1CCCC1. The van der Waals surface area contributed by atoms with E-state index in [9.17, 15) is 0 Å². The number of hydrazine groups is 1. The van der Waals surface area contributed by atoms with E-state index < -0.39 is 0 Å². The second kappa shape index (κ2) is 7.02. The molecule has 0 bridgehead atoms. The minimum Gasteiger partial charge on any atom is -0.381 e. The zero-order valence-corrected chi connectivity index (χ0v) is 12.7. The monoisotopic (exact) mass is 269 g/mol. The van der Waals surface area contributed by atoms with E-state index in [1.54, 1.807) is 0 Å². The van der Waals surface area contributed by atoms with Gasteiger partial charge in [-0.15, -0.1) is 0 Å². The minimum atomic E-state index is 0.205. The van der Waals surface area contributed by atoms with Crippen LogP contribution >= 0.6 is 0 Å². The third-order valence-electron chi connectivity index (χ3n) is 5.39. The molecule has 112 valence electrons. The highest BCUT2D eigenvalue weighted by atomic mass is 16.5. The first-order chi connectivity index (χ1) is 9.28. The summed E-state index contributed by atoms with van der Waals surface area (Å²) in [7, 11) is 0. The number of likely N-dealkylation sites (tertiary alicyclic amines) is 1. The van der Waals surface area contributed by atoms with Crippen LogP contribution in [0.1, 0.15) is 52.4 Å². The molecule has 2 rings (SSSR count). The average Bonchev–Trinajstić information content (AvgIpc) is 3.00. The van der Waals surface area contributed by atoms with E-state index in [1.807, 2.05) is 0 Å². The molecule has 2 atom stereocenters. The van der Waals surface area contributed by atoms with Gasteiger partial charge in [0, 0.05) is 24.1 Å². The van der Waals surface area contributed by atoms with Gasteiger partial charge in [0.2, 0.25) is 0 Å². The Balaban J connectivity index is 2.17. The second-order valence-corrected chi connectivity index (χ2v) is 6.13. The molecule has 0 aromatic rings. The molecule has 0 radical (unpaired) electrons. The maximum absolute atomic E-state index is 5.98. The van der Waals surface area contributed by atoms with Crippen LogP contribution in [-0.2, 0) is 4.74 Å². The zero-order chi connectivity index (χ0) is 13.7. The van der Waals surface area contributed by atoms with E-state index in [4.69, 9.17) is 10.6 Å². The highest BCUT2D eigenvalue weighted by molar-refractivity contribution is 5.02. The topological polar surface area (TPSA) is 50.5 Å². The van der Waals surface area contributed by atoms with Crippen molar-refractivity contribution in [2.75, 3.05) is 26.3 Å². The van der Waals surface area contributed by atoms with E-state index in [-0.39, 0.29) is 5.54 Å². The third-order valence-corrected chi connectivity index (χ3v) is 5.39. The van der Waals surface area contributed by atoms with Crippen molar-refractivity contribution in [3.05, 3.63) is 0 Å². The highest BCUT2D eigenvalue weighted by Gasteiger charge is 2.45. The van der Waals surface area contributed by atoms with Crippen molar-refractivity contribution < 1.29 is 4.74 Å². The van der Waals surface area contributed by atoms with Crippen LogP contribution in [0, 0.1) is 5.92 Å². The van der Waals surface area contributed by atoms with Gasteiger partial charge >= 0.3 is 0 Å². The van der Waals surface area contributed by atoms with Gasteiger partial charge in [-0.1, -0.05) is 13.8 Å². The summed E-state index contributed by atoms with van der Waals surface area (Å²) in [5, 5.41) is 0. The first-order valence-corrected chi connectivity index (χ1v) is 8.07. The van der Waals surface area contributed by atoms with Crippen LogP contribution < -0.4 is 11.3 Å². The van der Waals surface area contributed by atoms with E-state index in [2.05, 4.69) is 24.2 Å². The maximum atomic E-state index is 5.98. The predicted octanol–water partition coefficient (Wildman–Crippen LogP) is 1.90. The summed E-state index contributed by atoms with van der Waals surface area (Å²) in [6.45, 7) is 8.87. The summed E-state index contributed by atoms with van der Waals surface area (Å²) in [6, 6.07) is 0.348. The molecule has 2 saturated heterocycles. The van der Waals surface area contributed by atoms with Crippen molar-refractivity contribution >= 4 is 0 Å². The number of nitrogens with two attached hydrogens (primary N) is 1. The molecule has 0 spiro atoms. The van der Waals surface area contributed by atoms with Gasteiger partial charge in [0.1, 0.15) is 0 Å². The molecule has 4 heteroatoms. The molecule has 19 heavy (non-hydrogen) atoms. The number of hydrogen-bond acceptors (Lipinski definition) is 4. The van der Waals surface area contributed by atoms with Crippen molar-refractivity contribution in [2.45, 2.75) is 64.0 Å². The van der Waals surface area contributed by atoms with Crippen molar-refractivity contribution in [3.8, 4) is 0 Å². The maximum Gasteiger partial charge on any atom is 0.0510 e. The van der Waals surface area contributed by atoms with Crippen molar-refractivity contribution in [2.24, 2.45) is 11.8 Å². The fourth-order valence-electron chi connectivity index (χ4n) is 4.25. The van der Waals surface area contributed by atoms with E-state index in [0.717, 1.165) is 26.1 Å². The lowest BCUT2D eigenvalue weighted by atomic mass is 9.75. The van der Waals surface area contributed by atoms with Crippen molar-refractivity contribution in [1.82, 2.24) is 10.3 Å². The fraction of sp³-hybridized carbons (Fsp3) is 1.00. The standard InChI is InChI=1S/C15H31N3O/c1-3-15(4-2,18-9-5-6-10-18)14(17-16)13-8-7-11-19-12-13/h13-14,17H,3-12,16H2,1-2H3. The molecule has 2 fully saturated rings. The molecule has 2 heterocycles. The first-order valence-electron chi connectivity index (χ1n) is 8.07. The van der Waals surface area contributed by atoms with Crippen molar-refractivity contribution in [3.63, 3.8) is 0 Å². The Labute approximate surface area is 118 Å². The number of hydrogen-bond donors (Lipinski definition) is 2. The lowest BCUT2D eigenvalue weighted by molar-refractivity contribution is -0.0187. The van der Waals surface area contributed by atoms with E-state index in [1.165, 1.54) is 38.8 Å². The average molecular weight is 269 g/mol. The van der Waals surface area contributed by atoms with Crippen LogP contribution in [0.5, 0.6) is 0 Å². The summed E-state index contributed by atoms with van der Waals surface area (Å²) in [5.41, 5.74) is 3.37. The summed E-state index contributed by atoms with van der Waals surface area (Å²) < 4.78 is 5.70. The molecule has 4 nitrogen and oxygen atoms in total. The molecule has 0 aromatic heterocycles. The summed E-state index contributed by atoms with van der Waals surface area (Å²) in [5.74, 6) is 6.53. The molecule has 0 saturated carbocycles. The van der Waals surface area contributed by atoms with Crippen molar-refractivity contribution in [1.29, 1.82) is 0 Å². The number of nitrogens with one attached hydrogen (secondary N) is 1. The van der Waals surface area contributed by atoms with Crippen LogP contribution in [0.2, 0.25) is 0 Å². The smallest absolute Gasteiger partial charge is 0.0510 e. The minimum absolute atomic E-state index is 0.205. The van der Waals surface area contributed by atoms with Gasteiger partial charge in [0.15, 0.2) is 0 Å². The summed E-state index contributed by atoms with van der Waals surface area (Å²) in [6.07, 6.45) is 7.40. The Morgan fingerprint density at radius 2 is 1.95 bits per heavy atom. The number of rotatable bonds is 6. The van der Waals surface area contributed by atoms with Crippen LogP contribution in [0.25, 0.3) is 0 Å². The Hall–Kier alpha value is -0.160. The Bertz CT molecular complexity index is 256. The van der Waals surface area contributed by atoms with Gasteiger partial charge in [-0.2, -0.15) is 0 Å². The molecular formula is C15H31N3O. The predicted molar refractivity (Wildman–Crippen MR) is 78.8 cm³/mol. The van der Waals surface area contributed by atoms with Crippen LogP contribution in [0.4, 0.5) is 0 Å². The third kappa shape index (κ3) is 2.97. The van der Waals surface area contributed by atoms with Gasteiger partial charge in [0.05, 0.1) is 6.61 Å². The molecule has 2 aliphatic heterocycles. The van der Waals surface area contributed by atoms with E-state index >= 15 is 0 Å². The zero-order valence-electron chi connectivity index (χ0n) is 12.7. The highest BCUT2D eigenvalue weighted by Crippen LogP contribution is 2.36. The molecule has 2 aliphatic rings. The normalized spacial score (nSPS) is 27.6. The second-order valence-electron chi connectivity index (χ2n) is 6.13. The molecular weight excluding hydrogens is 238 g/mol. The Kier molecular flexibility index (Phi) is 5.63.